The number of carbonyl (C=O) groups excluding carboxylic acids is 1. The highest BCUT2D eigenvalue weighted by molar-refractivity contribution is 5.81. The lowest BCUT2D eigenvalue weighted by Crippen LogP contribution is -2.19. The number of ether oxygens (including phenoxy) is 2. The minimum Gasteiger partial charge on any atom is -0.493 e. The van der Waals surface area contributed by atoms with E-state index in [4.69, 9.17) is 19.7 Å². The van der Waals surface area contributed by atoms with Gasteiger partial charge in [0.2, 0.25) is 0 Å². The van der Waals surface area contributed by atoms with Gasteiger partial charge in [-0.05, 0) is 40.8 Å². The zero-order valence-electron chi connectivity index (χ0n) is 16.3. The summed E-state index contributed by atoms with van der Waals surface area (Å²) < 4.78 is 10.9. The molecule has 28 heavy (non-hydrogen) atoms. The topological polar surface area (TPSA) is 76.0 Å². The van der Waals surface area contributed by atoms with E-state index in [2.05, 4.69) is 25.6 Å². The first-order valence-corrected chi connectivity index (χ1v) is 9.47. The second kappa shape index (κ2) is 11.3. The fourth-order valence-electron chi connectivity index (χ4n) is 2.81. The Hall–Kier alpha value is -2.63. The maximum atomic E-state index is 11.5. The molecule has 0 unspecified atom stereocenters. The van der Waals surface area contributed by atoms with Crippen molar-refractivity contribution in [2.24, 2.45) is 5.92 Å². The lowest BCUT2D eigenvalue weighted by atomic mass is 9.96. The number of rotatable bonds is 11. The quantitative estimate of drug-likeness (QED) is 0.458. The third kappa shape index (κ3) is 6.22. The Labute approximate surface area is 166 Å². The summed E-state index contributed by atoms with van der Waals surface area (Å²) >= 11 is 0. The number of aliphatic hydroxyl groups excluding tert-OH is 2. The van der Waals surface area contributed by atoms with Crippen molar-refractivity contribution < 1.29 is 24.5 Å². The highest BCUT2D eigenvalue weighted by atomic mass is 16.5. The summed E-state index contributed by atoms with van der Waals surface area (Å²) in [6.07, 6.45) is 3.17. The number of hydrogen-bond acceptors (Lipinski definition) is 5. The van der Waals surface area contributed by atoms with Crippen LogP contribution in [0.2, 0.25) is 0 Å². The van der Waals surface area contributed by atoms with Gasteiger partial charge < -0.3 is 19.7 Å². The summed E-state index contributed by atoms with van der Waals surface area (Å²) in [5.41, 5.74) is 4.12. The molecule has 150 valence electrons. The molecule has 0 amide bonds. The second-order valence-electron chi connectivity index (χ2n) is 6.62. The van der Waals surface area contributed by atoms with Crippen LogP contribution >= 0.6 is 0 Å². The molecule has 0 radical (unpaired) electrons. The van der Waals surface area contributed by atoms with Gasteiger partial charge in [0.15, 0.2) is 0 Å². The van der Waals surface area contributed by atoms with Crippen LogP contribution in [0.1, 0.15) is 24.5 Å². The monoisotopic (exact) mass is 384 g/mol. The van der Waals surface area contributed by atoms with Gasteiger partial charge in [-0.2, -0.15) is 0 Å². The summed E-state index contributed by atoms with van der Waals surface area (Å²) in [6, 6.07) is 13.8. The van der Waals surface area contributed by atoms with E-state index in [0.29, 0.717) is 5.75 Å². The molecule has 0 fully saturated rings. The summed E-state index contributed by atoms with van der Waals surface area (Å²) in [7, 11) is 0. The number of carbonyl (C=O) groups is 1. The van der Waals surface area contributed by atoms with Gasteiger partial charge in [0.1, 0.15) is 12.4 Å². The van der Waals surface area contributed by atoms with Crippen molar-refractivity contribution in [2.75, 3.05) is 19.8 Å². The first kappa shape index (κ1) is 21.7. The Morgan fingerprint density at radius 1 is 1.14 bits per heavy atom. The molecule has 2 aromatic carbocycles. The third-order valence-electron chi connectivity index (χ3n) is 4.41. The van der Waals surface area contributed by atoms with Crippen LogP contribution in [0.4, 0.5) is 0 Å². The van der Waals surface area contributed by atoms with E-state index in [9.17, 15) is 4.79 Å². The van der Waals surface area contributed by atoms with Crippen molar-refractivity contribution >= 4 is 5.97 Å². The molecule has 0 saturated heterocycles. The van der Waals surface area contributed by atoms with Crippen LogP contribution in [0.3, 0.4) is 0 Å². The number of aliphatic hydroxyl groups is 2. The minimum atomic E-state index is -0.446. The van der Waals surface area contributed by atoms with Crippen LogP contribution in [0.25, 0.3) is 11.1 Å². The summed E-state index contributed by atoms with van der Waals surface area (Å²) in [4.78, 5) is 11.5. The number of aryl methyl sites for hydroxylation is 1. The first-order chi connectivity index (χ1) is 13.6. The Balaban J connectivity index is 2.19. The van der Waals surface area contributed by atoms with Crippen molar-refractivity contribution in [3.8, 4) is 16.9 Å². The molecule has 0 aliphatic heterocycles. The zero-order valence-corrected chi connectivity index (χ0v) is 16.3. The molecule has 2 N–H and O–H groups in total. The second-order valence-corrected chi connectivity index (χ2v) is 6.62. The van der Waals surface area contributed by atoms with Crippen molar-refractivity contribution in [3.63, 3.8) is 0 Å². The fraction of sp³-hybridized carbons (Fsp3) is 0.348. The minimum absolute atomic E-state index is 0.120. The van der Waals surface area contributed by atoms with Crippen molar-refractivity contribution in [1.82, 2.24) is 0 Å². The molecule has 2 aromatic rings. The normalized spacial score (nSPS) is 10.7. The van der Waals surface area contributed by atoms with Gasteiger partial charge in [0.25, 0.3) is 0 Å². The van der Waals surface area contributed by atoms with E-state index in [1.54, 1.807) is 0 Å². The summed E-state index contributed by atoms with van der Waals surface area (Å²) in [5, 5.41) is 18.2. The predicted molar refractivity (Wildman–Crippen MR) is 109 cm³/mol. The zero-order chi connectivity index (χ0) is 20.4. The van der Waals surface area contributed by atoms with Crippen LogP contribution in [-0.4, -0.2) is 36.0 Å². The Kier molecular flexibility index (Phi) is 8.72. The molecule has 0 saturated carbocycles. The molecule has 0 aliphatic rings. The molecule has 0 heterocycles. The Bertz CT molecular complexity index is 763. The maximum Gasteiger partial charge on any atom is 0.330 e. The van der Waals surface area contributed by atoms with Crippen LogP contribution in [0, 0.1) is 5.92 Å². The molecule has 0 bridgehead atoms. The maximum absolute atomic E-state index is 11.5. The van der Waals surface area contributed by atoms with Crippen LogP contribution in [-0.2, 0) is 22.6 Å². The third-order valence-corrected chi connectivity index (χ3v) is 4.41. The van der Waals surface area contributed by atoms with Gasteiger partial charge in [0, 0.05) is 12.0 Å². The molecule has 0 aliphatic carbocycles. The van der Waals surface area contributed by atoms with Gasteiger partial charge in [-0.3, -0.25) is 0 Å². The standard InChI is InChI=1S/C23H28O5/c1-3-5-17-6-11-22(20(12-17)16-28-23(26)4-2)19-7-9-21(10-8-19)27-15-18(13-24)14-25/h4,6-12,18,24-25H,2-3,5,13-16H2,1H3. The van der Waals surface area contributed by atoms with Crippen molar-refractivity contribution in [2.45, 2.75) is 26.4 Å². The highest BCUT2D eigenvalue weighted by Gasteiger charge is 2.10. The van der Waals surface area contributed by atoms with Crippen molar-refractivity contribution in [3.05, 3.63) is 66.2 Å². The molecular weight excluding hydrogens is 356 g/mol. The van der Waals surface area contributed by atoms with E-state index in [1.807, 2.05) is 30.3 Å². The average molecular weight is 384 g/mol. The lowest BCUT2D eigenvalue weighted by Gasteiger charge is -2.14. The first-order valence-electron chi connectivity index (χ1n) is 9.47. The van der Waals surface area contributed by atoms with E-state index in [0.717, 1.165) is 35.6 Å². The number of hydrogen-bond donors (Lipinski definition) is 2. The number of benzene rings is 2. The molecule has 0 atom stereocenters. The smallest absolute Gasteiger partial charge is 0.330 e. The van der Waals surface area contributed by atoms with E-state index in [1.165, 1.54) is 5.56 Å². The van der Waals surface area contributed by atoms with Gasteiger partial charge >= 0.3 is 5.97 Å². The van der Waals surface area contributed by atoms with Crippen LogP contribution in [0.5, 0.6) is 5.75 Å². The van der Waals surface area contributed by atoms with Gasteiger partial charge in [-0.15, -0.1) is 0 Å². The van der Waals surface area contributed by atoms with Crippen LogP contribution < -0.4 is 4.74 Å². The highest BCUT2D eigenvalue weighted by Crippen LogP contribution is 2.28. The van der Waals surface area contributed by atoms with E-state index < -0.39 is 5.97 Å². The molecule has 0 spiro atoms. The van der Waals surface area contributed by atoms with E-state index in [-0.39, 0.29) is 32.3 Å². The SMILES string of the molecule is C=CC(=O)OCc1cc(CCC)ccc1-c1ccc(OCC(CO)CO)cc1. The summed E-state index contributed by atoms with van der Waals surface area (Å²) in [5.74, 6) is -0.0762. The van der Waals surface area contributed by atoms with Gasteiger partial charge in [-0.25, -0.2) is 4.79 Å². The summed E-state index contributed by atoms with van der Waals surface area (Å²) in [6.45, 7) is 5.76. The Morgan fingerprint density at radius 2 is 1.86 bits per heavy atom. The van der Waals surface area contributed by atoms with Crippen molar-refractivity contribution in [1.29, 1.82) is 0 Å². The van der Waals surface area contributed by atoms with Crippen LogP contribution in [0.15, 0.2) is 55.1 Å². The molecule has 5 nitrogen and oxygen atoms in total. The molecule has 0 aromatic heterocycles. The van der Waals surface area contributed by atoms with Gasteiger partial charge in [-0.1, -0.05) is 50.3 Å². The largest absolute Gasteiger partial charge is 0.493 e. The van der Waals surface area contributed by atoms with Gasteiger partial charge in [0.05, 0.1) is 19.8 Å². The molecular formula is C23H28O5. The number of esters is 1. The Morgan fingerprint density at radius 3 is 2.46 bits per heavy atom. The lowest BCUT2D eigenvalue weighted by molar-refractivity contribution is -0.138. The molecule has 2 rings (SSSR count). The predicted octanol–water partition coefficient (Wildman–Crippen LogP) is 3.51. The van der Waals surface area contributed by atoms with E-state index >= 15 is 0 Å². The average Bonchev–Trinajstić information content (AvgIpc) is 2.73. The molecule has 5 heteroatoms. The fourth-order valence-corrected chi connectivity index (χ4v) is 2.81.